The Labute approximate surface area is 117 Å². The molecule has 104 valence electrons. The van der Waals surface area contributed by atoms with Gasteiger partial charge in [-0.25, -0.2) is 0 Å². The second-order valence-corrected chi connectivity index (χ2v) is 11.4. The maximum Gasteiger partial charge on any atom is 0.192 e. The summed E-state index contributed by atoms with van der Waals surface area (Å²) in [5, 5.41) is 0.237. The first kappa shape index (κ1) is 15.8. The van der Waals surface area contributed by atoms with Crippen molar-refractivity contribution in [3.05, 3.63) is 23.7 Å². The highest BCUT2D eigenvalue weighted by atomic mass is 35.5. The fourth-order valence-corrected chi connectivity index (χ4v) is 2.41. The summed E-state index contributed by atoms with van der Waals surface area (Å²) in [6.45, 7) is 11.8. The first-order valence-corrected chi connectivity index (χ1v) is 9.98. The summed E-state index contributed by atoms with van der Waals surface area (Å²) < 4.78 is 11.8. The number of rotatable bonds is 6. The molecule has 0 aliphatic carbocycles. The van der Waals surface area contributed by atoms with Gasteiger partial charge in [-0.2, -0.15) is 0 Å². The Kier molecular flexibility index (Phi) is 5.50. The van der Waals surface area contributed by atoms with Gasteiger partial charge in [-0.05, 0) is 36.7 Å². The SMILES string of the molecule is CC(C)(C)[Si](C)(C)OCc1ccc(CCCCl)o1. The van der Waals surface area contributed by atoms with Gasteiger partial charge < -0.3 is 8.84 Å². The molecule has 4 heteroatoms. The lowest BCUT2D eigenvalue weighted by atomic mass is 10.2. The van der Waals surface area contributed by atoms with Gasteiger partial charge in [-0.3, -0.25) is 0 Å². The van der Waals surface area contributed by atoms with Gasteiger partial charge in [-0.15, -0.1) is 11.6 Å². The molecule has 0 saturated carbocycles. The van der Waals surface area contributed by atoms with Gasteiger partial charge in [0.1, 0.15) is 11.5 Å². The van der Waals surface area contributed by atoms with Crippen molar-refractivity contribution in [3.63, 3.8) is 0 Å². The predicted molar refractivity (Wildman–Crippen MR) is 79.7 cm³/mol. The number of aryl methyl sites for hydroxylation is 1. The van der Waals surface area contributed by atoms with Crippen molar-refractivity contribution >= 4 is 19.9 Å². The molecule has 1 heterocycles. The van der Waals surface area contributed by atoms with Gasteiger partial charge >= 0.3 is 0 Å². The fourth-order valence-electron chi connectivity index (χ4n) is 1.34. The largest absolute Gasteiger partial charge is 0.464 e. The van der Waals surface area contributed by atoms with E-state index in [2.05, 4.69) is 33.9 Å². The van der Waals surface area contributed by atoms with Crippen LogP contribution < -0.4 is 0 Å². The van der Waals surface area contributed by atoms with E-state index in [4.69, 9.17) is 20.4 Å². The highest BCUT2D eigenvalue weighted by Crippen LogP contribution is 2.37. The third-order valence-corrected chi connectivity index (χ3v) is 8.40. The molecule has 0 spiro atoms. The van der Waals surface area contributed by atoms with Gasteiger partial charge in [0.05, 0.1) is 6.61 Å². The minimum absolute atomic E-state index is 0.237. The molecule has 0 amide bonds. The summed E-state index contributed by atoms with van der Waals surface area (Å²) in [7, 11) is -1.68. The second kappa shape index (κ2) is 6.26. The maximum absolute atomic E-state index is 6.12. The zero-order valence-corrected chi connectivity index (χ0v) is 13.9. The lowest BCUT2D eigenvalue weighted by Crippen LogP contribution is -2.40. The van der Waals surface area contributed by atoms with Crippen molar-refractivity contribution in [2.24, 2.45) is 0 Å². The van der Waals surface area contributed by atoms with Gasteiger partial charge in [0.25, 0.3) is 0 Å². The molecule has 1 aromatic heterocycles. The van der Waals surface area contributed by atoms with Crippen LogP contribution in [0.2, 0.25) is 18.1 Å². The molecule has 0 unspecified atom stereocenters. The lowest BCUT2D eigenvalue weighted by Gasteiger charge is -2.35. The quantitative estimate of drug-likeness (QED) is 0.544. The zero-order chi connectivity index (χ0) is 13.8. The van der Waals surface area contributed by atoms with Crippen molar-refractivity contribution in [1.82, 2.24) is 0 Å². The molecule has 0 bridgehead atoms. The summed E-state index contributed by atoms with van der Waals surface area (Å²) in [6, 6.07) is 4.04. The van der Waals surface area contributed by atoms with E-state index in [0.717, 1.165) is 24.4 Å². The van der Waals surface area contributed by atoms with E-state index in [1.807, 2.05) is 12.1 Å². The molecule has 0 aromatic carbocycles. The van der Waals surface area contributed by atoms with Crippen LogP contribution in [0.3, 0.4) is 0 Å². The topological polar surface area (TPSA) is 22.4 Å². The van der Waals surface area contributed by atoms with E-state index in [1.54, 1.807) is 0 Å². The molecule has 0 atom stereocenters. The van der Waals surface area contributed by atoms with Crippen LogP contribution in [0.1, 0.15) is 38.7 Å². The average molecular weight is 289 g/mol. The monoisotopic (exact) mass is 288 g/mol. The lowest BCUT2D eigenvalue weighted by molar-refractivity contribution is 0.243. The molecule has 0 aliphatic heterocycles. The summed E-state index contributed by atoms with van der Waals surface area (Å²) in [5.41, 5.74) is 0. The Balaban J connectivity index is 2.51. The number of hydrogen-bond acceptors (Lipinski definition) is 2. The van der Waals surface area contributed by atoms with Crippen molar-refractivity contribution in [2.75, 3.05) is 5.88 Å². The van der Waals surface area contributed by atoms with Gasteiger partial charge in [0, 0.05) is 12.3 Å². The molecule has 0 fully saturated rings. The van der Waals surface area contributed by atoms with Gasteiger partial charge in [0.2, 0.25) is 0 Å². The molecule has 18 heavy (non-hydrogen) atoms. The van der Waals surface area contributed by atoms with Crippen molar-refractivity contribution in [2.45, 2.75) is 58.4 Å². The van der Waals surface area contributed by atoms with E-state index in [0.29, 0.717) is 12.5 Å². The van der Waals surface area contributed by atoms with E-state index in [9.17, 15) is 0 Å². The van der Waals surface area contributed by atoms with Crippen LogP contribution in [0.25, 0.3) is 0 Å². The molecule has 1 aromatic rings. The van der Waals surface area contributed by atoms with Crippen LogP contribution in [0.15, 0.2) is 16.5 Å². The minimum atomic E-state index is -1.68. The number of hydrogen-bond donors (Lipinski definition) is 0. The van der Waals surface area contributed by atoms with Gasteiger partial charge in [-0.1, -0.05) is 20.8 Å². The summed E-state index contributed by atoms with van der Waals surface area (Å²) >= 11 is 5.67. The van der Waals surface area contributed by atoms with Crippen LogP contribution in [0.5, 0.6) is 0 Å². The highest BCUT2D eigenvalue weighted by Gasteiger charge is 2.37. The number of alkyl halides is 1. The predicted octanol–water partition coefficient (Wildman–Crippen LogP) is 4.97. The Hall–Kier alpha value is -0.253. The minimum Gasteiger partial charge on any atom is -0.464 e. The Bertz CT molecular complexity index is 366. The third kappa shape index (κ3) is 4.45. The molecular formula is C14H25ClO2Si. The maximum atomic E-state index is 6.12. The molecule has 0 radical (unpaired) electrons. The Morgan fingerprint density at radius 3 is 2.39 bits per heavy atom. The highest BCUT2D eigenvalue weighted by molar-refractivity contribution is 6.74. The zero-order valence-electron chi connectivity index (χ0n) is 12.2. The van der Waals surface area contributed by atoms with Crippen LogP contribution in [0.4, 0.5) is 0 Å². The number of furan rings is 1. The molecule has 0 aliphatic rings. The van der Waals surface area contributed by atoms with Crippen molar-refractivity contribution < 1.29 is 8.84 Å². The molecule has 2 nitrogen and oxygen atoms in total. The fraction of sp³-hybridized carbons (Fsp3) is 0.714. The van der Waals surface area contributed by atoms with Gasteiger partial charge in [0.15, 0.2) is 8.32 Å². The summed E-state index contributed by atoms with van der Waals surface area (Å²) in [5.74, 6) is 2.60. The van der Waals surface area contributed by atoms with Crippen molar-refractivity contribution in [3.8, 4) is 0 Å². The molecule has 0 N–H and O–H groups in total. The van der Waals surface area contributed by atoms with E-state index in [1.165, 1.54) is 0 Å². The Morgan fingerprint density at radius 1 is 1.22 bits per heavy atom. The van der Waals surface area contributed by atoms with E-state index < -0.39 is 8.32 Å². The van der Waals surface area contributed by atoms with Crippen LogP contribution in [-0.4, -0.2) is 14.2 Å². The molecular weight excluding hydrogens is 264 g/mol. The first-order valence-electron chi connectivity index (χ1n) is 6.54. The summed E-state index contributed by atoms with van der Waals surface area (Å²) in [6.07, 6.45) is 1.86. The van der Waals surface area contributed by atoms with Crippen molar-refractivity contribution in [1.29, 1.82) is 0 Å². The first-order chi connectivity index (χ1) is 8.26. The normalized spacial score (nSPS) is 13.0. The number of halogens is 1. The standard InChI is InChI=1S/C14H25ClO2Si/c1-14(2,3)18(4,5)16-11-13-9-8-12(17-13)7-6-10-15/h8-9H,6-7,10-11H2,1-5H3. The third-order valence-electron chi connectivity index (χ3n) is 3.66. The average Bonchev–Trinajstić information content (AvgIpc) is 2.70. The van der Waals surface area contributed by atoms with Crippen LogP contribution >= 0.6 is 11.6 Å². The van der Waals surface area contributed by atoms with E-state index in [-0.39, 0.29) is 5.04 Å². The van der Waals surface area contributed by atoms with E-state index >= 15 is 0 Å². The smallest absolute Gasteiger partial charge is 0.192 e. The molecule has 1 rings (SSSR count). The second-order valence-electron chi connectivity index (χ2n) is 6.21. The van der Waals surface area contributed by atoms with Crippen LogP contribution in [-0.2, 0) is 17.5 Å². The van der Waals surface area contributed by atoms with Crippen LogP contribution in [0, 0.1) is 0 Å². The molecule has 0 saturated heterocycles. The summed E-state index contributed by atoms with van der Waals surface area (Å²) in [4.78, 5) is 0. The Morgan fingerprint density at radius 2 is 1.83 bits per heavy atom.